The molecule has 0 radical (unpaired) electrons. The summed E-state index contributed by atoms with van der Waals surface area (Å²) in [6.07, 6.45) is 1.02. The maximum Gasteiger partial charge on any atom is 0.230 e. The van der Waals surface area contributed by atoms with Gasteiger partial charge in [-0.1, -0.05) is 11.8 Å². The fourth-order valence-electron chi connectivity index (χ4n) is 2.58. The second-order valence-electron chi connectivity index (χ2n) is 6.91. The van der Waals surface area contributed by atoms with Crippen molar-refractivity contribution in [3.63, 3.8) is 0 Å². The highest BCUT2D eigenvalue weighted by molar-refractivity contribution is 7.99. The van der Waals surface area contributed by atoms with Crippen molar-refractivity contribution in [2.24, 2.45) is 0 Å². The van der Waals surface area contributed by atoms with Crippen LogP contribution in [0.25, 0.3) is 11.4 Å². The number of methoxy groups -OCH3 is 1. The molecule has 28 heavy (non-hydrogen) atoms. The number of ether oxygens (including phenoxy) is 2. The summed E-state index contributed by atoms with van der Waals surface area (Å²) < 4.78 is 12.7. The van der Waals surface area contributed by atoms with Gasteiger partial charge in [-0.15, -0.1) is 10.2 Å². The Balaban J connectivity index is 1.94. The Kier molecular flexibility index (Phi) is 8.79. The number of carbonyl (C=O) groups excluding carboxylic acids is 1. The van der Waals surface area contributed by atoms with Crippen molar-refractivity contribution in [2.45, 2.75) is 51.4 Å². The summed E-state index contributed by atoms with van der Waals surface area (Å²) in [5.41, 5.74) is 0.962. The van der Waals surface area contributed by atoms with Gasteiger partial charge in [-0.05, 0) is 58.4 Å². The Hall–Kier alpha value is -2.06. The quantitative estimate of drug-likeness (QED) is 0.454. The highest BCUT2D eigenvalue weighted by Gasteiger charge is 2.17. The second kappa shape index (κ2) is 11.1. The van der Waals surface area contributed by atoms with Crippen LogP contribution >= 0.6 is 11.8 Å². The highest BCUT2D eigenvalue weighted by Crippen LogP contribution is 2.28. The zero-order chi connectivity index (χ0) is 20.5. The van der Waals surface area contributed by atoms with Gasteiger partial charge in [-0.3, -0.25) is 9.36 Å². The van der Waals surface area contributed by atoms with Gasteiger partial charge in [0, 0.05) is 24.8 Å². The molecule has 0 saturated heterocycles. The number of hydrogen-bond acceptors (Lipinski definition) is 6. The van der Waals surface area contributed by atoms with Crippen molar-refractivity contribution >= 4 is 17.7 Å². The smallest absolute Gasteiger partial charge is 0.230 e. The highest BCUT2D eigenvalue weighted by atomic mass is 32.2. The summed E-state index contributed by atoms with van der Waals surface area (Å²) in [6, 6.07) is 7.89. The first-order chi connectivity index (χ1) is 13.4. The van der Waals surface area contributed by atoms with E-state index in [0.29, 0.717) is 18.9 Å². The molecule has 0 bridgehead atoms. The maximum absolute atomic E-state index is 12.1. The van der Waals surface area contributed by atoms with E-state index in [2.05, 4.69) is 33.9 Å². The number of amides is 1. The van der Waals surface area contributed by atoms with Gasteiger partial charge in [0.25, 0.3) is 0 Å². The molecule has 0 unspecified atom stereocenters. The zero-order valence-electron chi connectivity index (χ0n) is 17.3. The molecule has 0 fully saturated rings. The zero-order valence-corrected chi connectivity index (χ0v) is 18.1. The molecule has 1 N–H and O–H groups in total. The lowest BCUT2D eigenvalue weighted by Gasteiger charge is -2.14. The molecule has 0 saturated carbocycles. The average Bonchev–Trinajstić information content (AvgIpc) is 3.10. The van der Waals surface area contributed by atoms with E-state index in [1.54, 1.807) is 7.11 Å². The molecule has 2 rings (SSSR count). The van der Waals surface area contributed by atoms with Crippen LogP contribution in [0.5, 0.6) is 5.75 Å². The molecule has 1 aromatic carbocycles. The van der Waals surface area contributed by atoms with Gasteiger partial charge < -0.3 is 14.8 Å². The van der Waals surface area contributed by atoms with Crippen molar-refractivity contribution in [3.05, 3.63) is 24.3 Å². The molecule has 1 amide bonds. The van der Waals surface area contributed by atoms with Crippen molar-refractivity contribution in [3.8, 4) is 17.1 Å². The summed E-state index contributed by atoms with van der Waals surface area (Å²) in [7, 11) is 1.64. The number of nitrogens with one attached hydrogen (secondary N) is 1. The Labute approximate surface area is 171 Å². The minimum Gasteiger partial charge on any atom is -0.497 e. The number of benzene rings is 1. The maximum atomic E-state index is 12.1. The van der Waals surface area contributed by atoms with Crippen LogP contribution in [-0.2, 0) is 9.53 Å². The Bertz CT molecular complexity index is 744. The summed E-state index contributed by atoms with van der Waals surface area (Å²) >= 11 is 1.40. The lowest BCUT2D eigenvalue weighted by atomic mass is 10.2. The van der Waals surface area contributed by atoms with E-state index in [9.17, 15) is 4.79 Å². The van der Waals surface area contributed by atoms with Crippen LogP contribution in [0, 0.1) is 0 Å². The Morgan fingerprint density at radius 2 is 1.89 bits per heavy atom. The van der Waals surface area contributed by atoms with Crippen molar-refractivity contribution < 1.29 is 14.3 Å². The number of nitrogens with zero attached hydrogens (tertiary/aromatic N) is 3. The topological polar surface area (TPSA) is 78.3 Å². The van der Waals surface area contributed by atoms with E-state index in [-0.39, 0.29) is 18.1 Å². The van der Waals surface area contributed by atoms with Gasteiger partial charge in [0.2, 0.25) is 5.91 Å². The molecule has 0 aliphatic rings. The van der Waals surface area contributed by atoms with Gasteiger partial charge in [0.1, 0.15) is 5.75 Å². The van der Waals surface area contributed by atoms with Crippen molar-refractivity contribution in [1.29, 1.82) is 0 Å². The minimum atomic E-state index is -0.0150. The molecule has 8 heteroatoms. The van der Waals surface area contributed by atoms with Crippen LogP contribution in [0.1, 0.15) is 40.2 Å². The number of aromatic nitrogens is 3. The standard InChI is InChI=1S/C20H30N4O3S/c1-14(2)24-19(16-7-9-17(26-5)10-8-16)22-23-20(24)28-13-18(25)21-11-6-12-27-15(3)4/h7-10,14-15H,6,11-13H2,1-5H3,(H,21,25). The second-order valence-corrected chi connectivity index (χ2v) is 7.85. The fraction of sp³-hybridized carbons (Fsp3) is 0.550. The Morgan fingerprint density at radius 1 is 1.18 bits per heavy atom. The number of rotatable bonds is 11. The minimum absolute atomic E-state index is 0.0150. The third-order valence-corrected chi connectivity index (χ3v) is 4.90. The van der Waals surface area contributed by atoms with E-state index < -0.39 is 0 Å². The van der Waals surface area contributed by atoms with Gasteiger partial charge in [-0.25, -0.2) is 0 Å². The molecule has 154 valence electrons. The fourth-order valence-corrected chi connectivity index (χ4v) is 3.48. The lowest BCUT2D eigenvalue weighted by molar-refractivity contribution is -0.118. The number of thioether (sulfide) groups is 1. The molecule has 7 nitrogen and oxygen atoms in total. The van der Waals surface area contributed by atoms with E-state index in [1.807, 2.05) is 38.1 Å². The average molecular weight is 407 g/mol. The monoisotopic (exact) mass is 406 g/mol. The summed E-state index contributed by atoms with van der Waals surface area (Å²) in [4.78, 5) is 12.1. The molecule has 2 aromatic rings. The van der Waals surface area contributed by atoms with E-state index >= 15 is 0 Å². The molecular weight excluding hydrogens is 376 g/mol. The molecule has 0 spiro atoms. The molecule has 0 atom stereocenters. The summed E-state index contributed by atoms with van der Waals surface area (Å²) in [5.74, 6) is 1.87. The van der Waals surface area contributed by atoms with E-state index in [0.717, 1.165) is 28.7 Å². The Morgan fingerprint density at radius 3 is 2.50 bits per heavy atom. The molecule has 0 aliphatic carbocycles. The molecule has 0 aliphatic heterocycles. The van der Waals surface area contributed by atoms with Crippen LogP contribution < -0.4 is 10.1 Å². The molecule has 1 aromatic heterocycles. The SMILES string of the molecule is COc1ccc(-c2nnc(SCC(=O)NCCCOC(C)C)n2C(C)C)cc1. The normalized spacial score (nSPS) is 11.2. The largest absolute Gasteiger partial charge is 0.497 e. The summed E-state index contributed by atoms with van der Waals surface area (Å²) in [5, 5.41) is 12.3. The third-order valence-electron chi connectivity index (χ3n) is 3.96. The van der Waals surface area contributed by atoms with Crippen molar-refractivity contribution in [1.82, 2.24) is 20.1 Å². The van der Waals surface area contributed by atoms with Crippen LogP contribution in [0.15, 0.2) is 29.4 Å². The van der Waals surface area contributed by atoms with E-state index in [4.69, 9.17) is 9.47 Å². The summed E-state index contributed by atoms with van der Waals surface area (Å²) in [6.45, 7) is 9.42. The molecule has 1 heterocycles. The number of carbonyl (C=O) groups is 1. The van der Waals surface area contributed by atoms with Gasteiger partial charge in [-0.2, -0.15) is 0 Å². The van der Waals surface area contributed by atoms with Gasteiger partial charge in [0.05, 0.1) is 19.0 Å². The van der Waals surface area contributed by atoms with Gasteiger partial charge in [0.15, 0.2) is 11.0 Å². The predicted molar refractivity (Wildman–Crippen MR) is 112 cm³/mol. The first-order valence-corrected chi connectivity index (χ1v) is 10.5. The first-order valence-electron chi connectivity index (χ1n) is 9.52. The van der Waals surface area contributed by atoms with Crippen LogP contribution in [0.2, 0.25) is 0 Å². The molecular formula is C20H30N4O3S. The van der Waals surface area contributed by atoms with Crippen LogP contribution in [0.4, 0.5) is 0 Å². The van der Waals surface area contributed by atoms with E-state index in [1.165, 1.54) is 11.8 Å². The first kappa shape index (κ1) is 22.2. The number of hydrogen-bond donors (Lipinski definition) is 1. The predicted octanol–water partition coefficient (Wildman–Crippen LogP) is 3.56. The van der Waals surface area contributed by atoms with Crippen LogP contribution in [0.3, 0.4) is 0 Å². The van der Waals surface area contributed by atoms with Crippen LogP contribution in [-0.4, -0.2) is 52.8 Å². The van der Waals surface area contributed by atoms with Gasteiger partial charge >= 0.3 is 0 Å². The third kappa shape index (κ3) is 6.53. The lowest BCUT2D eigenvalue weighted by Crippen LogP contribution is -2.27. The van der Waals surface area contributed by atoms with Crippen molar-refractivity contribution in [2.75, 3.05) is 26.0 Å².